The summed E-state index contributed by atoms with van der Waals surface area (Å²) in [6.45, 7) is 0. The van der Waals surface area contributed by atoms with Crippen LogP contribution < -0.4 is 0 Å². The second kappa shape index (κ2) is 4.36. The van der Waals surface area contributed by atoms with Crippen molar-refractivity contribution in [2.45, 2.75) is 6.18 Å². The third-order valence-electron chi connectivity index (χ3n) is 2.30. The average Bonchev–Trinajstić information content (AvgIpc) is 2.32. The summed E-state index contributed by atoms with van der Waals surface area (Å²) >= 11 is 0. The van der Waals surface area contributed by atoms with Gasteiger partial charge in [0.2, 0.25) is 0 Å². The van der Waals surface area contributed by atoms with E-state index in [1.54, 1.807) is 6.07 Å². The first-order valence-corrected chi connectivity index (χ1v) is 4.88. The Bertz CT molecular complexity index is 563. The number of pyridine rings is 1. The standard InChI is InChI=1S/C12H6F5N/c13-8-6-18-11(7-4-2-1-3-5-7)9(10(8)14)12(15,16)17/h1-6H. The van der Waals surface area contributed by atoms with Gasteiger partial charge in [-0.3, -0.25) is 4.98 Å². The van der Waals surface area contributed by atoms with Gasteiger partial charge in [-0.15, -0.1) is 0 Å². The number of benzene rings is 1. The van der Waals surface area contributed by atoms with Gasteiger partial charge in [0.05, 0.1) is 11.9 Å². The molecule has 0 atom stereocenters. The zero-order valence-corrected chi connectivity index (χ0v) is 8.80. The lowest BCUT2D eigenvalue weighted by Gasteiger charge is -2.13. The summed E-state index contributed by atoms with van der Waals surface area (Å²) in [5.74, 6) is -3.56. The fourth-order valence-electron chi connectivity index (χ4n) is 1.54. The van der Waals surface area contributed by atoms with Crippen molar-refractivity contribution in [3.63, 3.8) is 0 Å². The average molecular weight is 259 g/mol. The third kappa shape index (κ3) is 2.18. The molecule has 0 N–H and O–H groups in total. The molecule has 0 amide bonds. The molecule has 0 spiro atoms. The predicted molar refractivity (Wildman–Crippen MR) is 54.6 cm³/mol. The molecule has 0 bridgehead atoms. The van der Waals surface area contributed by atoms with Gasteiger partial charge in [-0.05, 0) is 0 Å². The van der Waals surface area contributed by atoms with E-state index in [-0.39, 0.29) is 5.56 Å². The molecular formula is C12H6F5N. The minimum Gasteiger partial charge on any atom is -0.252 e. The molecule has 0 radical (unpaired) electrons. The molecule has 0 unspecified atom stereocenters. The van der Waals surface area contributed by atoms with E-state index in [4.69, 9.17) is 0 Å². The van der Waals surface area contributed by atoms with Gasteiger partial charge in [0.1, 0.15) is 5.56 Å². The van der Waals surface area contributed by atoms with Gasteiger partial charge in [0.15, 0.2) is 11.6 Å². The van der Waals surface area contributed by atoms with Gasteiger partial charge in [0.25, 0.3) is 0 Å². The molecule has 0 aliphatic rings. The first-order chi connectivity index (χ1) is 8.41. The highest BCUT2D eigenvalue weighted by Crippen LogP contribution is 2.38. The largest absolute Gasteiger partial charge is 0.421 e. The molecule has 0 fully saturated rings. The molecule has 0 saturated heterocycles. The number of halogens is 5. The normalized spacial score (nSPS) is 11.6. The van der Waals surface area contributed by atoms with Crippen LogP contribution in [-0.4, -0.2) is 4.98 Å². The van der Waals surface area contributed by atoms with Crippen LogP contribution in [0.2, 0.25) is 0 Å². The first kappa shape index (κ1) is 12.5. The van der Waals surface area contributed by atoms with Crippen molar-refractivity contribution in [1.82, 2.24) is 4.98 Å². The van der Waals surface area contributed by atoms with E-state index in [0.717, 1.165) is 0 Å². The Morgan fingerprint density at radius 1 is 0.944 bits per heavy atom. The van der Waals surface area contributed by atoms with Crippen LogP contribution in [0, 0.1) is 11.6 Å². The molecule has 0 saturated carbocycles. The fourth-order valence-corrected chi connectivity index (χ4v) is 1.54. The second-order valence-electron chi connectivity index (χ2n) is 3.51. The van der Waals surface area contributed by atoms with Crippen LogP contribution in [0.3, 0.4) is 0 Å². The molecule has 0 aliphatic carbocycles. The number of nitrogens with zero attached hydrogens (tertiary/aromatic N) is 1. The van der Waals surface area contributed by atoms with E-state index in [2.05, 4.69) is 4.98 Å². The van der Waals surface area contributed by atoms with Crippen molar-refractivity contribution in [1.29, 1.82) is 0 Å². The van der Waals surface area contributed by atoms with E-state index >= 15 is 0 Å². The molecule has 1 nitrogen and oxygen atoms in total. The van der Waals surface area contributed by atoms with Gasteiger partial charge in [-0.25, -0.2) is 8.78 Å². The molecular weight excluding hydrogens is 253 g/mol. The molecule has 18 heavy (non-hydrogen) atoms. The Morgan fingerprint density at radius 3 is 2.11 bits per heavy atom. The molecule has 1 aromatic carbocycles. The number of rotatable bonds is 1. The van der Waals surface area contributed by atoms with Crippen molar-refractivity contribution in [3.8, 4) is 11.3 Å². The lowest BCUT2D eigenvalue weighted by molar-refractivity contribution is -0.140. The molecule has 2 aromatic rings. The SMILES string of the molecule is Fc1cnc(-c2ccccc2)c(C(F)(F)F)c1F. The lowest BCUT2D eigenvalue weighted by atomic mass is 10.0. The lowest BCUT2D eigenvalue weighted by Crippen LogP contribution is -2.13. The van der Waals surface area contributed by atoms with Crippen LogP contribution in [0.1, 0.15) is 5.56 Å². The highest BCUT2D eigenvalue weighted by Gasteiger charge is 2.39. The Kier molecular flexibility index (Phi) is 3.02. The smallest absolute Gasteiger partial charge is 0.252 e. The Morgan fingerprint density at radius 2 is 1.56 bits per heavy atom. The predicted octanol–water partition coefficient (Wildman–Crippen LogP) is 4.05. The molecule has 1 heterocycles. The van der Waals surface area contributed by atoms with Gasteiger partial charge in [-0.2, -0.15) is 13.2 Å². The molecule has 1 aromatic heterocycles. The van der Waals surface area contributed by atoms with Crippen molar-refractivity contribution in [2.24, 2.45) is 0 Å². The van der Waals surface area contributed by atoms with Crippen LogP contribution >= 0.6 is 0 Å². The summed E-state index contributed by atoms with van der Waals surface area (Å²) in [5.41, 5.74) is -2.24. The van der Waals surface area contributed by atoms with Crippen LogP contribution in [0.4, 0.5) is 22.0 Å². The molecule has 94 valence electrons. The summed E-state index contributed by atoms with van der Waals surface area (Å²) in [5, 5.41) is 0. The number of hydrogen-bond acceptors (Lipinski definition) is 1. The fraction of sp³-hybridized carbons (Fsp3) is 0.0833. The van der Waals surface area contributed by atoms with Gasteiger partial charge in [0, 0.05) is 5.56 Å². The van der Waals surface area contributed by atoms with Crippen LogP contribution in [0.25, 0.3) is 11.3 Å². The van der Waals surface area contributed by atoms with Crippen LogP contribution in [-0.2, 0) is 6.18 Å². The summed E-state index contributed by atoms with van der Waals surface area (Å²) in [6, 6.07) is 7.25. The zero-order valence-electron chi connectivity index (χ0n) is 8.80. The Balaban J connectivity index is 2.73. The van der Waals surface area contributed by atoms with E-state index < -0.39 is 29.1 Å². The van der Waals surface area contributed by atoms with Gasteiger partial charge in [-0.1, -0.05) is 30.3 Å². The summed E-state index contributed by atoms with van der Waals surface area (Å²) in [4.78, 5) is 3.34. The van der Waals surface area contributed by atoms with E-state index in [9.17, 15) is 22.0 Å². The molecule has 0 aliphatic heterocycles. The Labute approximate surface area is 98.9 Å². The maximum absolute atomic E-state index is 13.3. The summed E-state index contributed by atoms with van der Waals surface area (Å²) < 4.78 is 64.4. The minimum absolute atomic E-state index is 0.0729. The van der Waals surface area contributed by atoms with Crippen LogP contribution in [0.5, 0.6) is 0 Å². The van der Waals surface area contributed by atoms with Crippen molar-refractivity contribution >= 4 is 0 Å². The highest BCUT2D eigenvalue weighted by atomic mass is 19.4. The maximum atomic E-state index is 13.3. The number of hydrogen-bond donors (Lipinski definition) is 0. The van der Waals surface area contributed by atoms with E-state index in [0.29, 0.717) is 6.20 Å². The minimum atomic E-state index is -5.01. The van der Waals surface area contributed by atoms with Crippen LogP contribution in [0.15, 0.2) is 36.5 Å². The zero-order chi connectivity index (χ0) is 13.3. The van der Waals surface area contributed by atoms with E-state index in [1.807, 2.05) is 0 Å². The summed E-state index contributed by atoms with van der Waals surface area (Å²) in [6.07, 6.45) is -4.57. The number of alkyl halides is 3. The maximum Gasteiger partial charge on any atom is 0.421 e. The van der Waals surface area contributed by atoms with Gasteiger partial charge >= 0.3 is 6.18 Å². The third-order valence-corrected chi connectivity index (χ3v) is 2.30. The second-order valence-corrected chi connectivity index (χ2v) is 3.51. The van der Waals surface area contributed by atoms with Crippen molar-refractivity contribution in [2.75, 3.05) is 0 Å². The quantitative estimate of drug-likeness (QED) is 0.704. The van der Waals surface area contributed by atoms with Gasteiger partial charge < -0.3 is 0 Å². The highest BCUT2D eigenvalue weighted by molar-refractivity contribution is 5.63. The Hall–Kier alpha value is -1.98. The van der Waals surface area contributed by atoms with Crippen molar-refractivity contribution < 1.29 is 22.0 Å². The molecule has 2 rings (SSSR count). The monoisotopic (exact) mass is 259 g/mol. The molecule has 6 heteroatoms. The number of aromatic nitrogens is 1. The first-order valence-electron chi connectivity index (χ1n) is 4.88. The summed E-state index contributed by atoms with van der Waals surface area (Å²) in [7, 11) is 0. The topological polar surface area (TPSA) is 12.9 Å². The van der Waals surface area contributed by atoms with Crippen molar-refractivity contribution in [3.05, 3.63) is 53.7 Å². The van der Waals surface area contributed by atoms with E-state index in [1.165, 1.54) is 24.3 Å².